The van der Waals surface area contributed by atoms with Crippen molar-refractivity contribution in [3.8, 4) is 0 Å². The summed E-state index contributed by atoms with van der Waals surface area (Å²) >= 11 is 6.33. The molecule has 0 bridgehead atoms. The quantitative estimate of drug-likeness (QED) is 0.735. The zero-order valence-electron chi connectivity index (χ0n) is 16.5. The van der Waals surface area contributed by atoms with Crippen molar-refractivity contribution < 1.29 is 19.7 Å². The molecule has 4 rings (SSSR count). The number of nitrogens with zero attached hydrogens (tertiary/aromatic N) is 1. The van der Waals surface area contributed by atoms with Crippen LogP contribution in [0.3, 0.4) is 0 Å². The number of nitrogens with one attached hydrogen (secondary N) is 1. The minimum atomic E-state index is -1.11. The summed E-state index contributed by atoms with van der Waals surface area (Å²) in [7, 11) is 0. The number of fused-ring (bicyclic) bond motifs is 4. The minimum Gasteiger partial charge on any atom is -0.326 e. The first-order valence-corrected chi connectivity index (χ1v) is 10.5. The Balaban J connectivity index is 1.84. The Labute approximate surface area is 170 Å². The van der Waals surface area contributed by atoms with Gasteiger partial charge in [-0.1, -0.05) is 44.9 Å². The Morgan fingerprint density at radius 2 is 2.00 bits per heavy atom. The standard InChI is InChI=1S/C21H26ClN3O3/c1-4-5-9-25-18(26)15-14(10-11(2)3)24-21(16(15)19(25)27)12-7-6-8-13(22)17(12)23-20(21)28/h6-8,11,14-16,24H,4-5,9-10H2,1-3H3,(H,23,28)/p+1/t14-,15-,16+,21-/m1/s1. The van der Waals surface area contributed by atoms with Gasteiger partial charge in [0.15, 0.2) is 0 Å². The van der Waals surface area contributed by atoms with Crippen molar-refractivity contribution in [1.29, 1.82) is 0 Å². The third kappa shape index (κ3) is 2.54. The monoisotopic (exact) mass is 404 g/mol. The summed E-state index contributed by atoms with van der Waals surface area (Å²) in [6.07, 6.45) is 2.45. The zero-order chi connectivity index (χ0) is 20.2. The Hall–Kier alpha value is -1.92. The number of para-hydroxylation sites is 1. The number of hydrogen-bond donors (Lipinski definition) is 2. The van der Waals surface area contributed by atoms with Crippen LogP contribution in [0.25, 0.3) is 0 Å². The van der Waals surface area contributed by atoms with Gasteiger partial charge in [-0.2, -0.15) is 0 Å². The second-order valence-electron chi connectivity index (χ2n) is 8.63. The van der Waals surface area contributed by atoms with E-state index in [1.165, 1.54) is 4.90 Å². The first kappa shape index (κ1) is 19.4. The van der Waals surface area contributed by atoms with E-state index >= 15 is 0 Å². The van der Waals surface area contributed by atoms with E-state index in [1.54, 1.807) is 12.1 Å². The molecule has 3 aliphatic rings. The first-order chi connectivity index (χ1) is 13.3. The molecule has 4 atom stereocenters. The number of quaternary nitrogens is 1. The first-order valence-electron chi connectivity index (χ1n) is 10.1. The van der Waals surface area contributed by atoms with E-state index in [9.17, 15) is 14.4 Å². The lowest BCUT2D eigenvalue weighted by Gasteiger charge is -2.26. The summed E-state index contributed by atoms with van der Waals surface area (Å²) in [5.41, 5.74) is 0.185. The van der Waals surface area contributed by atoms with Crippen LogP contribution in [0.1, 0.15) is 45.6 Å². The number of nitrogens with two attached hydrogens (primary N) is 1. The number of benzene rings is 1. The number of hydrogen-bond acceptors (Lipinski definition) is 3. The van der Waals surface area contributed by atoms with Crippen LogP contribution in [0.15, 0.2) is 18.2 Å². The van der Waals surface area contributed by atoms with Gasteiger partial charge in [0.25, 0.3) is 5.91 Å². The lowest BCUT2D eigenvalue weighted by atomic mass is 9.76. The Bertz CT molecular complexity index is 855. The molecule has 0 aliphatic carbocycles. The number of likely N-dealkylation sites (tertiary alicyclic amines) is 1. The second kappa shape index (κ2) is 6.85. The summed E-state index contributed by atoms with van der Waals surface area (Å²) < 4.78 is 0. The molecule has 0 radical (unpaired) electrons. The molecular weight excluding hydrogens is 378 g/mol. The van der Waals surface area contributed by atoms with Gasteiger partial charge in [-0.15, -0.1) is 0 Å². The van der Waals surface area contributed by atoms with Gasteiger partial charge < -0.3 is 10.6 Å². The fourth-order valence-corrected chi connectivity index (χ4v) is 5.53. The molecule has 1 aromatic carbocycles. The van der Waals surface area contributed by atoms with E-state index < -0.39 is 17.4 Å². The SMILES string of the molecule is CCCCN1C(=O)[C@H]2[C@@H](C1=O)[C@@]1([NH2+][C@@H]2CC(C)C)C(=O)Nc2c(Cl)cccc21. The maximum absolute atomic E-state index is 13.4. The average molecular weight is 405 g/mol. The summed E-state index contributed by atoms with van der Waals surface area (Å²) in [5, 5.41) is 5.33. The van der Waals surface area contributed by atoms with Gasteiger partial charge in [-0.3, -0.25) is 19.3 Å². The van der Waals surface area contributed by atoms with Crippen molar-refractivity contribution in [2.45, 2.75) is 51.6 Å². The summed E-state index contributed by atoms with van der Waals surface area (Å²) in [6, 6.07) is 5.28. The number of imide groups is 1. The lowest BCUT2D eigenvalue weighted by molar-refractivity contribution is -0.734. The number of rotatable bonds is 5. The van der Waals surface area contributed by atoms with Crippen LogP contribution in [0.2, 0.25) is 5.02 Å². The highest BCUT2D eigenvalue weighted by molar-refractivity contribution is 6.35. The van der Waals surface area contributed by atoms with Gasteiger partial charge >= 0.3 is 0 Å². The van der Waals surface area contributed by atoms with E-state index in [0.29, 0.717) is 23.2 Å². The molecule has 150 valence electrons. The van der Waals surface area contributed by atoms with E-state index in [1.807, 2.05) is 18.3 Å². The zero-order valence-corrected chi connectivity index (χ0v) is 17.3. The molecule has 28 heavy (non-hydrogen) atoms. The predicted molar refractivity (Wildman–Crippen MR) is 106 cm³/mol. The van der Waals surface area contributed by atoms with Gasteiger partial charge in [0.1, 0.15) is 17.9 Å². The molecule has 0 saturated carbocycles. The molecule has 3 heterocycles. The largest absolute Gasteiger partial charge is 0.326 e. The molecule has 3 amide bonds. The molecule has 0 aromatic heterocycles. The van der Waals surface area contributed by atoms with Crippen molar-refractivity contribution in [3.63, 3.8) is 0 Å². The third-order valence-corrected chi connectivity index (χ3v) is 6.74. The molecule has 1 spiro atoms. The second-order valence-corrected chi connectivity index (χ2v) is 9.04. The van der Waals surface area contributed by atoms with Gasteiger partial charge in [0.2, 0.25) is 17.4 Å². The van der Waals surface area contributed by atoms with Crippen molar-refractivity contribution in [2.75, 3.05) is 11.9 Å². The lowest BCUT2D eigenvalue weighted by Crippen LogP contribution is -2.99. The summed E-state index contributed by atoms with van der Waals surface area (Å²) in [5.74, 6) is -1.37. The maximum atomic E-state index is 13.4. The van der Waals surface area contributed by atoms with Crippen LogP contribution >= 0.6 is 11.6 Å². The predicted octanol–water partition coefficient (Wildman–Crippen LogP) is 1.88. The highest BCUT2D eigenvalue weighted by Gasteiger charge is 2.74. The van der Waals surface area contributed by atoms with Crippen LogP contribution in [-0.4, -0.2) is 35.2 Å². The molecule has 2 fully saturated rings. The molecule has 1 aromatic rings. The number of carbonyl (C=O) groups excluding carboxylic acids is 3. The van der Waals surface area contributed by atoms with Crippen LogP contribution in [0.4, 0.5) is 5.69 Å². The van der Waals surface area contributed by atoms with Crippen LogP contribution in [-0.2, 0) is 19.9 Å². The Morgan fingerprint density at radius 1 is 1.25 bits per heavy atom. The fourth-order valence-electron chi connectivity index (χ4n) is 5.31. The molecule has 6 nitrogen and oxygen atoms in total. The van der Waals surface area contributed by atoms with Gasteiger partial charge in [0.05, 0.1) is 10.7 Å². The van der Waals surface area contributed by atoms with Crippen LogP contribution < -0.4 is 10.6 Å². The molecule has 7 heteroatoms. The molecule has 2 saturated heterocycles. The smallest absolute Gasteiger partial charge is 0.291 e. The number of anilines is 1. The van der Waals surface area contributed by atoms with Gasteiger partial charge in [0, 0.05) is 18.5 Å². The number of carbonyl (C=O) groups is 3. The van der Waals surface area contributed by atoms with E-state index in [0.717, 1.165) is 24.8 Å². The number of halogens is 1. The Morgan fingerprint density at radius 3 is 2.68 bits per heavy atom. The van der Waals surface area contributed by atoms with Gasteiger partial charge in [-0.05, 0) is 24.5 Å². The topological polar surface area (TPSA) is 83.1 Å². The minimum absolute atomic E-state index is 0.108. The van der Waals surface area contributed by atoms with E-state index in [-0.39, 0.29) is 23.8 Å². The Kier molecular flexibility index (Phi) is 4.74. The number of amides is 3. The van der Waals surface area contributed by atoms with Crippen molar-refractivity contribution in [3.05, 3.63) is 28.8 Å². The van der Waals surface area contributed by atoms with E-state index in [4.69, 9.17) is 11.6 Å². The van der Waals surface area contributed by atoms with Crippen molar-refractivity contribution in [1.82, 2.24) is 4.90 Å². The number of unbranched alkanes of at least 4 members (excludes halogenated alkanes) is 1. The van der Waals surface area contributed by atoms with Gasteiger partial charge in [-0.25, -0.2) is 0 Å². The van der Waals surface area contributed by atoms with Crippen LogP contribution in [0.5, 0.6) is 0 Å². The normalized spacial score (nSPS) is 31.1. The summed E-state index contributed by atoms with van der Waals surface area (Å²) in [6.45, 7) is 6.66. The highest BCUT2D eigenvalue weighted by atomic mass is 35.5. The van der Waals surface area contributed by atoms with Crippen molar-refractivity contribution >= 4 is 35.0 Å². The molecule has 0 unspecified atom stereocenters. The maximum Gasteiger partial charge on any atom is 0.291 e. The van der Waals surface area contributed by atoms with Crippen LogP contribution in [0, 0.1) is 17.8 Å². The fraction of sp³-hybridized carbons (Fsp3) is 0.571. The highest BCUT2D eigenvalue weighted by Crippen LogP contribution is 2.51. The van der Waals surface area contributed by atoms with E-state index in [2.05, 4.69) is 19.2 Å². The molecule has 3 aliphatic heterocycles. The molecule has 3 N–H and O–H groups in total. The average Bonchev–Trinajstić information content (AvgIpc) is 3.20. The molecular formula is C21H27ClN3O3+. The third-order valence-electron chi connectivity index (χ3n) is 6.42. The summed E-state index contributed by atoms with van der Waals surface area (Å²) in [4.78, 5) is 41.3. The van der Waals surface area contributed by atoms with Crippen molar-refractivity contribution in [2.24, 2.45) is 17.8 Å².